The Hall–Kier alpha value is -1.39. The second kappa shape index (κ2) is 4.91. The summed E-state index contributed by atoms with van der Waals surface area (Å²) in [5, 5.41) is 8.54. The highest BCUT2D eigenvalue weighted by Gasteiger charge is 2.30. The summed E-state index contributed by atoms with van der Waals surface area (Å²) in [6.45, 7) is 1.82. The molecule has 0 radical (unpaired) electrons. The molecule has 1 aliphatic heterocycles. The topological polar surface area (TPSA) is 74.7 Å². The average molecular weight is 213 g/mol. The van der Waals surface area contributed by atoms with E-state index in [1.54, 1.807) is 0 Å². The number of nitrogens with zero attached hydrogens (tertiary/aromatic N) is 1. The molecule has 5 heteroatoms. The third-order valence-corrected chi connectivity index (χ3v) is 2.63. The fourth-order valence-corrected chi connectivity index (χ4v) is 1.90. The highest BCUT2D eigenvalue weighted by molar-refractivity contribution is 6.35. The number of Topliss-reactive ketones (excluding diaryl/α,β-unsaturated/α-hetero) is 1. The van der Waals surface area contributed by atoms with E-state index >= 15 is 0 Å². The minimum Gasteiger partial charge on any atom is -0.481 e. The Bertz CT molecular complexity index is 287. The van der Waals surface area contributed by atoms with Crippen molar-refractivity contribution in [3.8, 4) is 0 Å². The maximum Gasteiger partial charge on any atom is 0.303 e. The Balaban J connectivity index is 2.53. The smallest absolute Gasteiger partial charge is 0.303 e. The van der Waals surface area contributed by atoms with Gasteiger partial charge in [-0.15, -0.1) is 0 Å². The van der Waals surface area contributed by atoms with Crippen LogP contribution in [0.4, 0.5) is 0 Å². The minimum atomic E-state index is -0.864. The van der Waals surface area contributed by atoms with Crippen molar-refractivity contribution in [2.45, 2.75) is 38.6 Å². The zero-order valence-electron chi connectivity index (χ0n) is 8.73. The highest BCUT2D eigenvalue weighted by atomic mass is 16.4. The standard InChI is InChI=1S/C10H15NO4/c1-7(12)10(15)11-6-2-3-8(11)4-5-9(13)14/h8H,2-6H2,1H3,(H,13,14)/t8-/m0/s1. The molecule has 0 aromatic heterocycles. The molecule has 1 fully saturated rings. The monoisotopic (exact) mass is 213 g/mol. The first kappa shape index (κ1) is 11.7. The summed E-state index contributed by atoms with van der Waals surface area (Å²) in [7, 11) is 0. The molecule has 15 heavy (non-hydrogen) atoms. The summed E-state index contributed by atoms with van der Waals surface area (Å²) in [4.78, 5) is 34.2. The molecule has 1 heterocycles. The largest absolute Gasteiger partial charge is 0.481 e. The number of rotatable bonds is 4. The molecule has 0 bridgehead atoms. The molecule has 1 rings (SSSR count). The van der Waals surface area contributed by atoms with Crippen LogP contribution in [-0.4, -0.2) is 40.3 Å². The predicted molar refractivity (Wildman–Crippen MR) is 52.3 cm³/mol. The highest BCUT2D eigenvalue weighted by Crippen LogP contribution is 2.21. The van der Waals surface area contributed by atoms with Crippen molar-refractivity contribution >= 4 is 17.7 Å². The van der Waals surface area contributed by atoms with E-state index in [-0.39, 0.29) is 12.5 Å². The van der Waals surface area contributed by atoms with Gasteiger partial charge in [-0.05, 0) is 19.3 Å². The number of hydrogen-bond acceptors (Lipinski definition) is 3. The summed E-state index contributed by atoms with van der Waals surface area (Å²) < 4.78 is 0. The number of amides is 1. The number of carboxylic acid groups (broad SMARTS) is 1. The lowest BCUT2D eigenvalue weighted by molar-refractivity contribution is -0.144. The van der Waals surface area contributed by atoms with Crippen LogP contribution in [-0.2, 0) is 14.4 Å². The number of ketones is 1. The van der Waals surface area contributed by atoms with Crippen molar-refractivity contribution in [1.29, 1.82) is 0 Å². The molecule has 0 saturated carbocycles. The first-order valence-corrected chi connectivity index (χ1v) is 5.05. The van der Waals surface area contributed by atoms with Crippen molar-refractivity contribution in [2.75, 3.05) is 6.54 Å². The first-order valence-electron chi connectivity index (χ1n) is 5.05. The molecule has 84 valence electrons. The predicted octanol–water partition coefficient (Wildman–Crippen LogP) is 0.431. The van der Waals surface area contributed by atoms with Crippen molar-refractivity contribution in [2.24, 2.45) is 0 Å². The Labute approximate surface area is 88.1 Å². The summed E-state index contributed by atoms with van der Waals surface area (Å²) in [6.07, 6.45) is 2.14. The molecule has 0 spiro atoms. The van der Waals surface area contributed by atoms with Gasteiger partial charge in [-0.2, -0.15) is 0 Å². The van der Waals surface area contributed by atoms with Gasteiger partial charge in [0.05, 0.1) is 0 Å². The molecular weight excluding hydrogens is 198 g/mol. The Morgan fingerprint density at radius 3 is 2.60 bits per heavy atom. The molecule has 1 atom stereocenters. The van der Waals surface area contributed by atoms with Crippen molar-refractivity contribution in [3.05, 3.63) is 0 Å². The third-order valence-electron chi connectivity index (χ3n) is 2.63. The van der Waals surface area contributed by atoms with Gasteiger partial charge in [0, 0.05) is 25.9 Å². The van der Waals surface area contributed by atoms with Gasteiger partial charge in [0.2, 0.25) is 5.78 Å². The van der Waals surface area contributed by atoms with Gasteiger partial charge >= 0.3 is 5.97 Å². The quantitative estimate of drug-likeness (QED) is 0.687. The molecule has 1 N–H and O–H groups in total. The minimum absolute atomic E-state index is 0.0480. The SMILES string of the molecule is CC(=O)C(=O)N1CCC[C@H]1CCC(=O)O. The summed E-state index contributed by atoms with van der Waals surface area (Å²) in [5.41, 5.74) is 0. The van der Waals surface area contributed by atoms with Crippen LogP contribution in [0, 0.1) is 0 Å². The lowest BCUT2D eigenvalue weighted by atomic mass is 10.1. The fourth-order valence-electron chi connectivity index (χ4n) is 1.90. The van der Waals surface area contributed by atoms with Crippen LogP contribution in [0.1, 0.15) is 32.6 Å². The van der Waals surface area contributed by atoms with Crippen LogP contribution in [0.2, 0.25) is 0 Å². The number of carboxylic acids is 1. The van der Waals surface area contributed by atoms with Crippen molar-refractivity contribution < 1.29 is 19.5 Å². The van der Waals surface area contributed by atoms with Crippen LogP contribution in [0.25, 0.3) is 0 Å². The Morgan fingerprint density at radius 1 is 1.40 bits per heavy atom. The van der Waals surface area contributed by atoms with Crippen molar-refractivity contribution in [1.82, 2.24) is 4.90 Å². The summed E-state index contributed by atoms with van der Waals surface area (Å²) in [6, 6.07) is -0.0718. The van der Waals surface area contributed by atoms with E-state index in [2.05, 4.69) is 0 Å². The van der Waals surface area contributed by atoms with E-state index in [0.29, 0.717) is 13.0 Å². The molecule has 0 aromatic carbocycles. The van der Waals surface area contributed by atoms with Gasteiger partial charge in [0.25, 0.3) is 5.91 Å². The summed E-state index contributed by atoms with van der Waals surface area (Å²) in [5.74, 6) is -1.82. The Morgan fingerprint density at radius 2 is 2.07 bits per heavy atom. The zero-order valence-corrected chi connectivity index (χ0v) is 8.73. The second-order valence-corrected chi connectivity index (χ2v) is 3.78. The van der Waals surface area contributed by atoms with E-state index < -0.39 is 17.7 Å². The zero-order chi connectivity index (χ0) is 11.4. The number of aliphatic carboxylic acids is 1. The van der Waals surface area contributed by atoms with Gasteiger partial charge < -0.3 is 10.0 Å². The van der Waals surface area contributed by atoms with Gasteiger partial charge in [-0.1, -0.05) is 0 Å². The van der Waals surface area contributed by atoms with Gasteiger partial charge in [-0.25, -0.2) is 0 Å². The van der Waals surface area contributed by atoms with Crippen LogP contribution >= 0.6 is 0 Å². The number of likely N-dealkylation sites (tertiary alicyclic amines) is 1. The van der Waals surface area contributed by atoms with Crippen LogP contribution < -0.4 is 0 Å². The van der Waals surface area contributed by atoms with Crippen LogP contribution in [0.15, 0.2) is 0 Å². The van der Waals surface area contributed by atoms with Crippen LogP contribution in [0.5, 0.6) is 0 Å². The first-order chi connectivity index (χ1) is 7.02. The number of hydrogen-bond donors (Lipinski definition) is 1. The van der Waals surface area contributed by atoms with Crippen molar-refractivity contribution in [3.63, 3.8) is 0 Å². The molecule has 1 aliphatic rings. The van der Waals surface area contributed by atoms with E-state index in [9.17, 15) is 14.4 Å². The van der Waals surface area contributed by atoms with E-state index in [1.165, 1.54) is 11.8 Å². The van der Waals surface area contributed by atoms with E-state index in [0.717, 1.165) is 12.8 Å². The molecule has 0 aliphatic carbocycles. The van der Waals surface area contributed by atoms with E-state index in [4.69, 9.17) is 5.11 Å². The molecular formula is C10H15NO4. The second-order valence-electron chi connectivity index (χ2n) is 3.78. The summed E-state index contributed by atoms with van der Waals surface area (Å²) >= 11 is 0. The Kier molecular flexibility index (Phi) is 3.82. The lowest BCUT2D eigenvalue weighted by Gasteiger charge is -2.22. The molecule has 0 aromatic rings. The molecule has 0 unspecified atom stereocenters. The van der Waals surface area contributed by atoms with Gasteiger partial charge in [-0.3, -0.25) is 14.4 Å². The van der Waals surface area contributed by atoms with Gasteiger partial charge in [0.15, 0.2) is 0 Å². The fraction of sp³-hybridized carbons (Fsp3) is 0.700. The van der Waals surface area contributed by atoms with Gasteiger partial charge in [0.1, 0.15) is 0 Å². The molecule has 1 saturated heterocycles. The third kappa shape index (κ3) is 3.04. The van der Waals surface area contributed by atoms with E-state index in [1.807, 2.05) is 0 Å². The lowest BCUT2D eigenvalue weighted by Crippen LogP contribution is -2.39. The maximum absolute atomic E-state index is 11.4. The average Bonchev–Trinajstić information content (AvgIpc) is 2.60. The number of carbonyl (C=O) groups excluding carboxylic acids is 2. The number of carbonyl (C=O) groups is 3. The molecule has 1 amide bonds. The maximum atomic E-state index is 11.4. The molecule has 5 nitrogen and oxygen atoms in total. The van der Waals surface area contributed by atoms with Crippen LogP contribution in [0.3, 0.4) is 0 Å². The normalized spacial score (nSPS) is 20.3.